The van der Waals surface area contributed by atoms with E-state index < -0.39 is 24.4 Å². The molecule has 1 atom stereocenters. The number of anilines is 1. The maximum absolute atomic E-state index is 13.1. The Kier molecular flexibility index (Phi) is 4.42. The van der Waals surface area contributed by atoms with Crippen molar-refractivity contribution < 1.29 is 27.8 Å². The molecule has 2 rings (SSSR count). The number of hydrogen-bond acceptors (Lipinski definition) is 5. The van der Waals surface area contributed by atoms with E-state index in [1.165, 1.54) is 12.1 Å². The molecule has 0 aliphatic carbocycles. The third-order valence-electron chi connectivity index (χ3n) is 2.98. The first-order valence-corrected chi connectivity index (χ1v) is 6.87. The van der Waals surface area contributed by atoms with Crippen molar-refractivity contribution in [2.75, 3.05) is 24.7 Å². The van der Waals surface area contributed by atoms with Gasteiger partial charge in [0.05, 0.1) is 13.2 Å². The number of nitrogens with zero attached hydrogens (tertiary/aromatic N) is 2. The van der Waals surface area contributed by atoms with E-state index in [0.717, 1.165) is 4.90 Å². The van der Waals surface area contributed by atoms with Crippen molar-refractivity contribution in [2.45, 2.75) is 38.6 Å². The number of pyridine rings is 1. The molecule has 22 heavy (non-hydrogen) atoms. The minimum absolute atomic E-state index is 0.0184. The monoisotopic (exact) mass is 320 g/mol. The molecule has 0 saturated carbocycles. The van der Waals surface area contributed by atoms with Gasteiger partial charge in [-0.25, -0.2) is 0 Å². The molecule has 0 radical (unpaired) electrons. The van der Waals surface area contributed by atoms with E-state index >= 15 is 0 Å². The van der Waals surface area contributed by atoms with Gasteiger partial charge in [0, 0.05) is 18.7 Å². The lowest BCUT2D eigenvalue weighted by Crippen LogP contribution is -2.53. The second-order valence-corrected chi connectivity index (χ2v) is 6.06. The van der Waals surface area contributed by atoms with Gasteiger partial charge in [-0.05, 0) is 20.8 Å². The summed E-state index contributed by atoms with van der Waals surface area (Å²) in [5.74, 6) is -0.101. The van der Waals surface area contributed by atoms with Crippen LogP contribution in [0.4, 0.5) is 19.0 Å². The lowest BCUT2D eigenvalue weighted by Gasteiger charge is -2.37. The summed E-state index contributed by atoms with van der Waals surface area (Å²) in [6, 6.07) is 0.676. The summed E-state index contributed by atoms with van der Waals surface area (Å²) >= 11 is 0. The number of rotatable bonds is 2. The van der Waals surface area contributed by atoms with E-state index in [9.17, 15) is 18.3 Å². The normalized spacial score (nSPS) is 20.1. The summed E-state index contributed by atoms with van der Waals surface area (Å²) in [5, 5.41) is 9.75. The number of alkyl halides is 3. The highest BCUT2D eigenvalue weighted by Crippen LogP contribution is 2.33. The van der Waals surface area contributed by atoms with Crippen LogP contribution in [0.2, 0.25) is 0 Å². The molecule has 2 heterocycles. The Morgan fingerprint density at radius 3 is 2.59 bits per heavy atom. The Bertz CT molecular complexity index is 529. The van der Waals surface area contributed by atoms with Crippen LogP contribution in [0.15, 0.2) is 12.1 Å². The van der Waals surface area contributed by atoms with Crippen LogP contribution in [-0.4, -0.2) is 47.7 Å². The number of aromatic hydroxyl groups is 1. The molecular weight excluding hydrogens is 301 g/mol. The fourth-order valence-corrected chi connectivity index (χ4v) is 2.14. The van der Waals surface area contributed by atoms with Crippen LogP contribution < -0.4 is 9.64 Å². The first-order chi connectivity index (χ1) is 10.1. The van der Waals surface area contributed by atoms with E-state index in [0.29, 0.717) is 0 Å². The molecule has 0 aromatic carbocycles. The minimum Gasteiger partial charge on any atom is -0.508 e. The first kappa shape index (κ1) is 16.7. The highest BCUT2D eigenvalue weighted by molar-refractivity contribution is 5.48. The number of halogens is 3. The van der Waals surface area contributed by atoms with E-state index in [2.05, 4.69) is 4.98 Å². The summed E-state index contributed by atoms with van der Waals surface area (Å²) in [6.07, 6.45) is -4.45. The number of aromatic nitrogens is 1. The second-order valence-electron chi connectivity index (χ2n) is 6.06. The van der Waals surface area contributed by atoms with Crippen molar-refractivity contribution in [3.05, 3.63) is 12.1 Å². The summed E-state index contributed by atoms with van der Waals surface area (Å²) in [7, 11) is 0. The molecule has 1 saturated heterocycles. The zero-order valence-corrected chi connectivity index (χ0v) is 12.6. The van der Waals surface area contributed by atoms with Crippen LogP contribution in [0.5, 0.6) is 11.6 Å². The average Bonchev–Trinajstić information content (AvgIpc) is 2.35. The van der Waals surface area contributed by atoms with Crippen molar-refractivity contribution in [2.24, 2.45) is 0 Å². The second kappa shape index (κ2) is 5.83. The molecule has 124 valence electrons. The van der Waals surface area contributed by atoms with Gasteiger partial charge in [0.25, 0.3) is 0 Å². The Labute approximate surface area is 126 Å². The van der Waals surface area contributed by atoms with E-state index in [1.807, 2.05) is 0 Å². The molecule has 1 aliphatic rings. The number of hydrogen-bond donors (Lipinski definition) is 1. The average molecular weight is 320 g/mol. The van der Waals surface area contributed by atoms with Crippen LogP contribution in [0.3, 0.4) is 0 Å². The largest absolute Gasteiger partial charge is 0.508 e. The molecule has 0 amide bonds. The summed E-state index contributed by atoms with van der Waals surface area (Å²) in [5.41, 5.74) is -0.577. The Morgan fingerprint density at radius 2 is 2.00 bits per heavy atom. The Balaban J connectivity index is 2.33. The van der Waals surface area contributed by atoms with Crippen molar-refractivity contribution in [3.63, 3.8) is 0 Å². The van der Waals surface area contributed by atoms with Crippen LogP contribution in [0, 0.1) is 0 Å². The SMILES string of the molecule is CC(C)(C)Oc1cc(O)cc(N2CCOCC2C(F)(F)F)n1. The van der Waals surface area contributed by atoms with Crippen LogP contribution in [0.25, 0.3) is 0 Å². The third-order valence-corrected chi connectivity index (χ3v) is 2.98. The maximum atomic E-state index is 13.1. The minimum atomic E-state index is -4.45. The molecule has 1 unspecified atom stereocenters. The molecule has 1 N–H and O–H groups in total. The van der Waals surface area contributed by atoms with Gasteiger partial charge in [0.2, 0.25) is 5.88 Å². The molecule has 1 aliphatic heterocycles. The van der Waals surface area contributed by atoms with Gasteiger partial charge in [0.15, 0.2) is 0 Å². The van der Waals surface area contributed by atoms with Gasteiger partial charge in [-0.1, -0.05) is 0 Å². The summed E-state index contributed by atoms with van der Waals surface area (Å²) < 4.78 is 49.8. The van der Waals surface area contributed by atoms with Gasteiger partial charge in [-0.2, -0.15) is 18.2 Å². The van der Waals surface area contributed by atoms with Crippen molar-refractivity contribution in [1.82, 2.24) is 4.98 Å². The molecule has 1 aromatic rings. The smallest absolute Gasteiger partial charge is 0.411 e. The Morgan fingerprint density at radius 1 is 1.32 bits per heavy atom. The van der Waals surface area contributed by atoms with Gasteiger partial charge in [-0.3, -0.25) is 0 Å². The highest BCUT2D eigenvalue weighted by Gasteiger charge is 2.46. The fraction of sp³-hybridized carbons (Fsp3) is 0.643. The first-order valence-electron chi connectivity index (χ1n) is 6.87. The molecule has 1 fully saturated rings. The molecular formula is C14H19F3N2O3. The quantitative estimate of drug-likeness (QED) is 0.908. The van der Waals surface area contributed by atoms with E-state index in [-0.39, 0.29) is 30.6 Å². The molecule has 1 aromatic heterocycles. The fourth-order valence-electron chi connectivity index (χ4n) is 2.14. The predicted octanol–water partition coefficient (Wildman–Crippen LogP) is 2.73. The topological polar surface area (TPSA) is 54.8 Å². The number of ether oxygens (including phenoxy) is 2. The van der Waals surface area contributed by atoms with Crippen molar-refractivity contribution in [3.8, 4) is 11.6 Å². The molecule has 8 heteroatoms. The molecule has 0 bridgehead atoms. The van der Waals surface area contributed by atoms with Gasteiger partial charge >= 0.3 is 6.18 Å². The lowest BCUT2D eigenvalue weighted by molar-refractivity contribution is -0.167. The lowest BCUT2D eigenvalue weighted by atomic mass is 10.2. The molecule has 5 nitrogen and oxygen atoms in total. The van der Waals surface area contributed by atoms with Crippen LogP contribution in [0.1, 0.15) is 20.8 Å². The van der Waals surface area contributed by atoms with Gasteiger partial charge in [-0.15, -0.1) is 0 Å². The van der Waals surface area contributed by atoms with Gasteiger partial charge in [0.1, 0.15) is 23.2 Å². The zero-order chi connectivity index (χ0) is 16.5. The molecule has 0 spiro atoms. The van der Waals surface area contributed by atoms with Crippen molar-refractivity contribution in [1.29, 1.82) is 0 Å². The third kappa shape index (κ3) is 4.16. The van der Waals surface area contributed by atoms with Gasteiger partial charge < -0.3 is 19.5 Å². The summed E-state index contributed by atoms with van der Waals surface area (Å²) in [6.45, 7) is 5.09. The standard InChI is InChI=1S/C14H19F3N2O3/c1-13(2,3)22-12-7-9(20)6-11(18-12)19-4-5-21-8-10(19)14(15,16)17/h6-7,10H,4-5,8H2,1-3H3,(H,18,20). The Hall–Kier alpha value is -1.70. The highest BCUT2D eigenvalue weighted by atomic mass is 19.4. The maximum Gasteiger partial charge on any atom is 0.411 e. The predicted molar refractivity (Wildman–Crippen MR) is 74.3 cm³/mol. The van der Waals surface area contributed by atoms with E-state index in [1.54, 1.807) is 20.8 Å². The zero-order valence-electron chi connectivity index (χ0n) is 12.6. The van der Waals surface area contributed by atoms with Crippen LogP contribution in [-0.2, 0) is 4.74 Å². The van der Waals surface area contributed by atoms with Crippen LogP contribution >= 0.6 is 0 Å². The number of morpholine rings is 1. The summed E-state index contributed by atoms with van der Waals surface area (Å²) in [4.78, 5) is 5.18. The van der Waals surface area contributed by atoms with E-state index in [4.69, 9.17) is 9.47 Å². The van der Waals surface area contributed by atoms with Crippen molar-refractivity contribution >= 4 is 5.82 Å².